The van der Waals surface area contributed by atoms with Gasteiger partial charge in [0.05, 0.1) is 5.92 Å². The van der Waals surface area contributed by atoms with Gasteiger partial charge in [0.1, 0.15) is 0 Å². The molecule has 3 heteroatoms. The zero-order valence-electron chi connectivity index (χ0n) is 12.7. The summed E-state index contributed by atoms with van der Waals surface area (Å²) < 4.78 is 0. The predicted octanol–water partition coefficient (Wildman–Crippen LogP) is 4.49. The van der Waals surface area contributed by atoms with E-state index in [9.17, 15) is 10.1 Å². The van der Waals surface area contributed by atoms with Crippen molar-refractivity contribution >= 4 is 0 Å². The van der Waals surface area contributed by atoms with Crippen molar-refractivity contribution in [3.63, 3.8) is 0 Å². The molecule has 0 saturated heterocycles. The topological polar surface area (TPSA) is 43.1 Å². The van der Waals surface area contributed by atoms with E-state index in [0.29, 0.717) is 6.42 Å². The lowest BCUT2D eigenvalue weighted by Gasteiger charge is -2.21. The Labute approximate surface area is 125 Å². The van der Waals surface area contributed by atoms with Gasteiger partial charge in [-0.05, 0) is 25.0 Å². The summed E-state index contributed by atoms with van der Waals surface area (Å²) in [4.78, 5) is 11.3. The highest BCUT2D eigenvalue weighted by molar-refractivity contribution is 5.36. The summed E-state index contributed by atoms with van der Waals surface area (Å²) in [6, 6.07) is 15.5. The molecular weight excluding hydrogens is 262 g/mol. The molecule has 0 aliphatic rings. The molecule has 3 nitrogen and oxygen atoms in total. The van der Waals surface area contributed by atoms with E-state index >= 15 is 0 Å². The predicted molar refractivity (Wildman–Crippen MR) is 85.3 cm³/mol. The minimum atomic E-state index is -0.601. The Bertz CT molecular complexity index is 557. The quantitative estimate of drug-likeness (QED) is 0.599. The number of hydrogen-bond acceptors (Lipinski definition) is 2. The molecule has 1 unspecified atom stereocenters. The second kappa shape index (κ2) is 6.53. The summed E-state index contributed by atoms with van der Waals surface area (Å²) in [6.45, 7) is 5.92. The van der Waals surface area contributed by atoms with E-state index in [1.54, 1.807) is 0 Å². The van der Waals surface area contributed by atoms with Crippen LogP contribution in [0.2, 0.25) is 0 Å². The Morgan fingerprint density at radius 2 is 1.29 bits per heavy atom. The fourth-order valence-corrected chi connectivity index (χ4v) is 2.69. The van der Waals surface area contributed by atoms with Crippen LogP contribution in [-0.2, 0) is 0 Å². The lowest BCUT2D eigenvalue weighted by Crippen LogP contribution is -2.27. The van der Waals surface area contributed by atoms with Crippen molar-refractivity contribution < 1.29 is 4.92 Å². The van der Waals surface area contributed by atoms with E-state index < -0.39 is 6.04 Å². The van der Waals surface area contributed by atoms with Gasteiger partial charge in [0.2, 0.25) is 6.04 Å². The first-order chi connectivity index (χ1) is 10.0. The number of aryl methyl sites for hydroxylation is 2. The molecule has 0 bridgehead atoms. The van der Waals surface area contributed by atoms with Gasteiger partial charge in [0.25, 0.3) is 0 Å². The average molecular weight is 283 g/mol. The maximum Gasteiger partial charge on any atom is 0.223 e. The number of benzene rings is 2. The SMILES string of the molecule is CCC(C(c1ccc(C)cc1)c1ccc(C)cc1)[N+](=O)[O-]. The normalized spacial score (nSPS) is 12.4. The Hall–Kier alpha value is -2.16. The Morgan fingerprint density at radius 3 is 1.57 bits per heavy atom. The summed E-state index contributed by atoms with van der Waals surface area (Å²) in [5.41, 5.74) is 4.34. The maximum atomic E-state index is 11.5. The molecule has 0 radical (unpaired) electrons. The van der Waals surface area contributed by atoms with Crippen LogP contribution in [-0.4, -0.2) is 11.0 Å². The van der Waals surface area contributed by atoms with Gasteiger partial charge in [-0.2, -0.15) is 0 Å². The minimum Gasteiger partial charge on any atom is -0.264 e. The lowest BCUT2D eigenvalue weighted by molar-refractivity contribution is -0.525. The molecule has 0 aromatic heterocycles. The van der Waals surface area contributed by atoms with Crippen molar-refractivity contribution in [2.24, 2.45) is 0 Å². The molecule has 0 aliphatic heterocycles. The van der Waals surface area contributed by atoms with Crippen LogP contribution in [0.5, 0.6) is 0 Å². The van der Waals surface area contributed by atoms with Crippen LogP contribution in [0, 0.1) is 24.0 Å². The Balaban J connectivity index is 2.50. The van der Waals surface area contributed by atoms with Gasteiger partial charge in [0.15, 0.2) is 0 Å². The summed E-state index contributed by atoms with van der Waals surface area (Å²) in [6.07, 6.45) is 0.513. The number of nitrogens with zero attached hydrogens (tertiary/aromatic N) is 1. The summed E-state index contributed by atoms with van der Waals surface area (Å²) in [7, 11) is 0. The molecule has 1 atom stereocenters. The molecule has 0 spiro atoms. The van der Waals surface area contributed by atoms with E-state index in [0.717, 1.165) is 22.3 Å². The maximum absolute atomic E-state index is 11.5. The van der Waals surface area contributed by atoms with E-state index in [2.05, 4.69) is 0 Å². The number of rotatable bonds is 5. The van der Waals surface area contributed by atoms with Crippen LogP contribution in [0.3, 0.4) is 0 Å². The third kappa shape index (κ3) is 3.48. The second-order valence-corrected chi connectivity index (χ2v) is 5.56. The molecule has 0 aliphatic carbocycles. The lowest BCUT2D eigenvalue weighted by atomic mass is 9.83. The van der Waals surface area contributed by atoms with Crippen LogP contribution >= 0.6 is 0 Å². The van der Waals surface area contributed by atoms with Crippen LogP contribution in [0.15, 0.2) is 48.5 Å². The first-order valence-electron chi connectivity index (χ1n) is 7.29. The molecule has 0 amide bonds. The van der Waals surface area contributed by atoms with E-state index in [1.807, 2.05) is 69.3 Å². The molecule has 2 aromatic rings. The zero-order chi connectivity index (χ0) is 15.4. The molecular formula is C18H21NO2. The van der Waals surface area contributed by atoms with Gasteiger partial charge in [-0.15, -0.1) is 0 Å². The standard InChI is InChI=1S/C18H21NO2/c1-4-17(19(20)21)18(15-9-5-13(2)6-10-15)16-11-7-14(3)8-12-16/h5-12,17-18H,4H2,1-3H3. The second-order valence-electron chi connectivity index (χ2n) is 5.56. The molecule has 21 heavy (non-hydrogen) atoms. The van der Waals surface area contributed by atoms with Gasteiger partial charge in [-0.3, -0.25) is 10.1 Å². The van der Waals surface area contributed by atoms with Crippen molar-refractivity contribution in [1.29, 1.82) is 0 Å². The minimum absolute atomic E-state index is 0.148. The first kappa shape index (κ1) is 15.2. The molecule has 0 heterocycles. The largest absolute Gasteiger partial charge is 0.264 e. The highest BCUT2D eigenvalue weighted by Gasteiger charge is 2.32. The fourth-order valence-electron chi connectivity index (χ4n) is 2.69. The average Bonchev–Trinajstić information content (AvgIpc) is 2.46. The highest BCUT2D eigenvalue weighted by atomic mass is 16.6. The van der Waals surface area contributed by atoms with Gasteiger partial charge in [-0.1, -0.05) is 66.6 Å². The zero-order valence-corrected chi connectivity index (χ0v) is 12.7. The van der Waals surface area contributed by atoms with Gasteiger partial charge in [-0.25, -0.2) is 0 Å². The van der Waals surface area contributed by atoms with Crippen LogP contribution in [0.4, 0.5) is 0 Å². The Kier molecular flexibility index (Phi) is 4.73. The Morgan fingerprint density at radius 1 is 0.905 bits per heavy atom. The molecule has 0 saturated carbocycles. The monoisotopic (exact) mass is 283 g/mol. The summed E-state index contributed by atoms with van der Waals surface area (Å²) in [5.74, 6) is -0.203. The number of nitro groups is 1. The van der Waals surface area contributed by atoms with Gasteiger partial charge < -0.3 is 0 Å². The van der Waals surface area contributed by atoms with Crippen molar-refractivity contribution in [3.05, 3.63) is 80.9 Å². The van der Waals surface area contributed by atoms with Gasteiger partial charge >= 0.3 is 0 Å². The van der Waals surface area contributed by atoms with Crippen molar-refractivity contribution in [1.82, 2.24) is 0 Å². The third-order valence-electron chi connectivity index (χ3n) is 3.95. The smallest absolute Gasteiger partial charge is 0.223 e. The van der Waals surface area contributed by atoms with Crippen molar-refractivity contribution in [2.75, 3.05) is 0 Å². The van der Waals surface area contributed by atoms with Crippen molar-refractivity contribution in [2.45, 2.75) is 39.2 Å². The molecule has 0 N–H and O–H groups in total. The van der Waals surface area contributed by atoms with E-state index in [-0.39, 0.29) is 10.8 Å². The van der Waals surface area contributed by atoms with Crippen LogP contribution in [0.25, 0.3) is 0 Å². The van der Waals surface area contributed by atoms with E-state index in [4.69, 9.17) is 0 Å². The third-order valence-corrected chi connectivity index (χ3v) is 3.95. The summed E-state index contributed by atoms with van der Waals surface area (Å²) >= 11 is 0. The van der Waals surface area contributed by atoms with Crippen molar-refractivity contribution in [3.8, 4) is 0 Å². The molecule has 110 valence electrons. The number of hydrogen-bond donors (Lipinski definition) is 0. The molecule has 2 aromatic carbocycles. The van der Waals surface area contributed by atoms with Crippen LogP contribution in [0.1, 0.15) is 41.5 Å². The fraction of sp³-hybridized carbons (Fsp3) is 0.333. The van der Waals surface area contributed by atoms with E-state index in [1.165, 1.54) is 0 Å². The molecule has 2 rings (SSSR count). The van der Waals surface area contributed by atoms with Gasteiger partial charge in [0, 0.05) is 11.3 Å². The molecule has 0 fully saturated rings. The first-order valence-corrected chi connectivity index (χ1v) is 7.29. The summed E-state index contributed by atoms with van der Waals surface area (Å²) in [5, 5.41) is 11.5. The van der Waals surface area contributed by atoms with Crippen LogP contribution < -0.4 is 0 Å². The highest BCUT2D eigenvalue weighted by Crippen LogP contribution is 2.31.